The van der Waals surface area contributed by atoms with Crippen LogP contribution in [0.2, 0.25) is 0 Å². The molecule has 1 aliphatic heterocycles. The topological polar surface area (TPSA) is 94.0 Å². The standard InChI is InChI=1S/C19H22N4O5/c1-27-16-5-3-14(11-17(16)28-2)15-4-6-18(25)23(20-15)12-19(26)22-9-7-21(13-24)8-10-22/h3-6,11,13H,7-10,12H2,1-2H3. The van der Waals surface area contributed by atoms with E-state index in [0.29, 0.717) is 43.4 Å². The van der Waals surface area contributed by atoms with E-state index in [4.69, 9.17) is 9.47 Å². The van der Waals surface area contributed by atoms with Gasteiger partial charge in [-0.1, -0.05) is 0 Å². The summed E-state index contributed by atoms with van der Waals surface area (Å²) in [5.74, 6) is 0.928. The van der Waals surface area contributed by atoms with E-state index in [1.807, 2.05) is 0 Å². The SMILES string of the molecule is COc1ccc(-c2ccc(=O)n(CC(=O)N3CCN(C=O)CC3)n2)cc1OC. The smallest absolute Gasteiger partial charge is 0.267 e. The Labute approximate surface area is 162 Å². The van der Waals surface area contributed by atoms with Crippen molar-refractivity contribution in [3.8, 4) is 22.8 Å². The number of amides is 2. The van der Waals surface area contributed by atoms with Gasteiger partial charge in [-0.15, -0.1) is 0 Å². The van der Waals surface area contributed by atoms with Crippen molar-refractivity contribution >= 4 is 12.3 Å². The molecule has 9 heteroatoms. The lowest BCUT2D eigenvalue weighted by Gasteiger charge is -2.32. The van der Waals surface area contributed by atoms with Crippen LogP contribution in [0.4, 0.5) is 0 Å². The third kappa shape index (κ3) is 4.13. The van der Waals surface area contributed by atoms with Gasteiger partial charge in [-0.25, -0.2) is 4.68 Å². The van der Waals surface area contributed by atoms with E-state index in [0.717, 1.165) is 16.7 Å². The molecule has 0 aliphatic carbocycles. The molecule has 0 radical (unpaired) electrons. The molecule has 2 amide bonds. The monoisotopic (exact) mass is 386 g/mol. The largest absolute Gasteiger partial charge is 0.493 e. The molecule has 3 rings (SSSR count). The molecule has 0 bridgehead atoms. The first-order valence-corrected chi connectivity index (χ1v) is 8.83. The summed E-state index contributed by atoms with van der Waals surface area (Å²) in [6.07, 6.45) is 0.778. The number of carbonyl (C=O) groups excluding carboxylic acids is 2. The van der Waals surface area contributed by atoms with Crippen molar-refractivity contribution < 1.29 is 19.1 Å². The minimum Gasteiger partial charge on any atom is -0.493 e. The van der Waals surface area contributed by atoms with Crippen LogP contribution in [0.25, 0.3) is 11.3 Å². The molecule has 1 saturated heterocycles. The number of carbonyl (C=O) groups is 2. The van der Waals surface area contributed by atoms with Crippen LogP contribution in [0.5, 0.6) is 11.5 Å². The van der Waals surface area contributed by atoms with Gasteiger partial charge >= 0.3 is 0 Å². The Morgan fingerprint density at radius 2 is 1.79 bits per heavy atom. The lowest BCUT2D eigenvalue weighted by molar-refractivity contribution is -0.135. The molecule has 1 aliphatic rings. The van der Waals surface area contributed by atoms with E-state index in [1.165, 1.54) is 6.07 Å². The quantitative estimate of drug-likeness (QED) is 0.660. The molecule has 0 saturated carbocycles. The molecule has 1 aromatic carbocycles. The summed E-state index contributed by atoms with van der Waals surface area (Å²) < 4.78 is 11.7. The second-order valence-corrected chi connectivity index (χ2v) is 6.31. The maximum Gasteiger partial charge on any atom is 0.267 e. The molecule has 28 heavy (non-hydrogen) atoms. The fraction of sp³-hybridized carbons (Fsp3) is 0.368. The second kappa shape index (κ2) is 8.55. The number of methoxy groups -OCH3 is 2. The van der Waals surface area contributed by atoms with Crippen molar-refractivity contribution in [3.63, 3.8) is 0 Å². The summed E-state index contributed by atoms with van der Waals surface area (Å²) in [7, 11) is 3.09. The van der Waals surface area contributed by atoms with Crippen LogP contribution in [0, 0.1) is 0 Å². The zero-order chi connectivity index (χ0) is 20.1. The Kier molecular flexibility index (Phi) is 5.93. The van der Waals surface area contributed by atoms with Crippen LogP contribution < -0.4 is 15.0 Å². The van der Waals surface area contributed by atoms with Crippen molar-refractivity contribution in [1.82, 2.24) is 19.6 Å². The van der Waals surface area contributed by atoms with Gasteiger partial charge in [0, 0.05) is 37.8 Å². The number of hydrogen-bond acceptors (Lipinski definition) is 6. The summed E-state index contributed by atoms with van der Waals surface area (Å²) in [5, 5.41) is 4.33. The highest BCUT2D eigenvalue weighted by molar-refractivity contribution is 5.76. The Bertz CT molecular complexity index is 919. The van der Waals surface area contributed by atoms with Crippen LogP contribution in [0.3, 0.4) is 0 Å². The molecule has 0 atom stereocenters. The summed E-state index contributed by atoms with van der Waals surface area (Å²) in [6, 6.07) is 8.31. The molecule has 1 fully saturated rings. The lowest BCUT2D eigenvalue weighted by atomic mass is 10.1. The van der Waals surface area contributed by atoms with E-state index in [9.17, 15) is 14.4 Å². The summed E-state index contributed by atoms with van der Waals surface area (Å²) in [4.78, 5) is 38.7. The van der Waals surface area contributed by atoms with Crippen molar-refractivity contribution in [2.45, 2.75) is 6.54 Å². The van der Waals surface area contributed by atoms with E-state index >= 15 is 0 Å². The third-order valence-corrected chi connectivity index (χ3v) is 4.65. The van der Waals surface area contributed by atoms with E-state index < -0.39 is 0 Å². The van der Waals surface area contributed by atoms with Gasteiger partial charge in [0.2, 0.25) is 12.3 Å². The first-order valence-electron chi connectivity index (χ1n) is 8.83. The molecular weight excluding hydrogens is 364 g/mol. The molecule has 0 N–H and O–H groups in total. The summed E-state index contributed by atoms with van der Waals surface area (Å²) in [5.41, 5.74) is 0.918. The Hall–Kier alpha value is -3.36. The minimum absolute atomic E-state index is 0.152. The predicted octanol–water partition coefficient (Wildman–Crippen LogP) is 0.228. The van der Waals surface area contributed by atoms with Crippen LogP contribution in [0.1, 0.15) is 0 Å². The average molecular weight is 386 g/mol. The van der Waals surface area contributed by atoms with Crippen LogP contribution in [-0.4, -0.2) is 72.3 Å². The second-order valence-electron chi connectivity index (χ2n) is 6.31. The van der Waals surface area contributed by atoms with Crippen molar-refractivity contribution in [2.24, 2.45) is 0 Å². The third-order valence-electron chi connectivity index (χ3n) is 4.65. The highest BCUT2D eigenvalue weighted by Crippen LogP contribution is 2.31. The van der Waals surface area contributed by atoms with E-state index in [1.54, 1.807) is 48.3 Å². The van der Waals surface area contributed by atoms with Gasteiger partial charge in [-0.05, 0) is 24.3 Å². The number of piperazine rings is 1. The number of hydrogen-bond donors (Lipinski definition) is 0. The van der Waals surface area contributed by atoms with Gasteiger partial charge in [-0.2, -0.15) is 5.10 Å². The molecular formula is C19H22N4O5. The summed E-state index contributed by atoms with van der Waals surface area (Å²) >= 11 is 0. The predicted molar refractivity (Wildman–Crippen MR) is 101 cm³/mol. The normalized spacial score (nSPS) is 13.9. The molecule has 0 spiro atoms. The number of aromatic nitrogens is 2. The minimum atomic E-state index is -0.357. The number of rotatable bonds is 6. The highest BCUT2D eigenvalue weighted by Gasteiger charge is 2.21. The van der Waals surface area contributed by atoms with Crippen LogP contribution in [-0.2, 0) is 16.1 Å². The van der Waals surface area contributed by atoms with Gasteiger partial charge < -0.3 is 19.3 Å². The molecule has 2 heterocycles. The Morgan fingerprint density at radius 3 is 2.43 bits per heavy atom. The van der Waals surface area contributed by atoms with Gasteiger partial charge in [0.05, 0.1) is 19.9 Å². The first-order chi connectivity index (χ1) is 13.5. The molecule has 9 nitrogen and oxygen atoms in total. The molecule has 1 aromatic heterocycles. The Morgan fingerprint density at radius 1 is 1.07 bits per heavy atom. The Balaban J connectivity index is 1.79. The lowest BCUT2D eigenvalue weighted by Crippen LogP contribution is -2.49. The fourth-order valence-electron chi connectivity index (χ4n) is 3.02. The van der Waals surface area contributed by atoms with Gasteiger partial charge in [-0.3, -0.25) is 14.4 Å². The average Bonchev–Trinajstić information content (AvgIpc) is 2.74. The zero-order valence-corrected chi connectivity index (χ0v) is 15.8. The highest BCUT2D eigenvalue weighted by atomic mass is 16.5. The first kappa shape index (κ1) is 19.4. The number of nitrogens with zero attached hydrogens (tertiary/aromatic N) is 4. The van der Waals surface area contributed by atoms with Crippen LogP contribution in [0.15, 0.2) is 35.1 Å². The molecule has 0 unspecified atom stereocenters. The van der Waals surface area contributed by atoms with Gasteiger partial charge in [0.15, 0.2) is 11.5 Å². The van der Waals surface area contributed by atoms with E-state index in [-0.39, 0.29) is 18.0 Å². The maximum absolute atomic E-state index is 12.5. The molecule has 2 aromatic rings. The van der Waals surface area contributed by atoms with Crippen molar-refractivity contribution in [3.05, 3.63) is 40.7 Å². The summed E-state index contributed by atoms with van der Waals surface area (Å²) in [6.45, 7) is 1.72. The number of benzene rings is 1. The molecule has 148 valence electrons. The van der Waals surface area contributed by atoms with Gasteiger partial charge in [0.1, 0.15) is 6.54 Å². The van der Waals surface area contributed by atoms with Gasteiger partial charge in [0.25, 0.3) is 5.56 Å². The van der Waals surface area contributed by atoms with E-state index in [2.05, 4.69) is 5.10 Å². The fourth-order valence-corrected chi connectivity index (χ4v) is 3.02. The number of ether oxygens (including phenoxy) is 2. The van der Waals surface area contributed by atoms with Crippen molar-refractivity contribution in [1.29, 1.82) is 0 Å². The van der Waals surface area contributed by atoms with Crippen molar-refractivity contribution in [2.75, 3.05) is 40.4 Å². The van der Waals surface area contributed by atoms with Crippen LogP contribution >= 0.6 is 0 Å². The maximum atomic E-state index is 12.5. The zero-order valence-electron chi connectivity index (χ0n) is 15.8.